The van der Waals surface area contributed by atoms with Gasteiger partial charge >= 0.3 is 5.97 Å². The van der Waals surface area contributed by atoms with Gasteiger partial charge in [0.15, 0.2) is 11.8 Å². The molecule has 2 heterocycles. The molecule has 0 aliphatic rings. The van der Waals surface area contributed by atoms with E-state index in [2.05, 4.69) is 20.2 Å². The molecule has 0 unspecified atom stereocenters. The Hall–Kier alpha value is -3.29. The highest BCUT2D eigenvalue weighted by atomic mass is 16.6. The minimum atomic E-state index is -0.713. The first kappa shape index (κ1) is 16.6. The van der Waals surface area contributed by atoms with Crippen molar-refractivity contribution in [1.82, 2.24) is 20.2 Å². The summed E-state index contributed by atoms with van der Waals surface area (Å²) in [5.41, 5.74) is 1.57. The summed E-state index contributed by atoms with van der Waals surface area (Å²) in [7, 11) is 1.59. The molecule has 0 saturated heterocycles. The van der Waals surface area contributed by atoms with E-state index >= 15 is 0 Å². The average Bonchev–Trinajstić information content (AvgIpc) is 3.12. The van der Waals surface area contributed by atoms with Crippen LogP contribution in [-0.2, 0) is 4.74 Å². The third-order valence-corrected chi connectivity index (χ3v) is 3.40. The molecule has 0 spiro atoms. The maximum absolute atomic E-state index is 12.1. The van der Waals surface area contributed by atoms with Crippen LogP contribution in [0.15, 0.2) is 41.1 Å². The van der Waals surface area contributed by atoms with Gasteiger partial charge in [-0.2, -0.15) is 0 Å². The van der Waals surface area contributed by atoms with Crippen molar-refractivity contribution in [2.45, 2.75) is 20.0 Å². The van der Waals surface area contributed by atoms with Gasteiger partial charge in [-0.3, -0.25) is 4.98 Å². The minimum Gasteiger partial charge on any atom is -0.497 e. The predicted octanol–water partition coefficient (Wildman–Crippen LogP) is 2.76. The van der Waals surface area contributed by atoms with Crippen LogP contribution in [0.1, 0.15) is 35.1 Å². The maximum atomic E-state index is 12.1. The quantitative estimate of drug-likeness (QED) is 0.654. The summed E-state index contributed by atoms with van der Waals surface area (Å²) in [4.78, 5) is 20.1. The number of carbonyl (C=O) groups is 1. The molecular formula is C17H16N4O4. The second-order valence-electron chi connectivity index (χ2n) is 5.26. The number of methoxy groups -OCH3 is 1. The molecule has 1 aromatic carbocycles. The molecule has 2 aromatic heterocycles. The number of nitrogens with zero attached hydrogens (tertiary/aromatic N) is 4. The zero-order valence-corrected chi connectivity index (χ0v) is 14.0. The fourth-order valence-electron chi connectivity index (χ4n) is 2.02. The molecule has 1 atom stereocenters. The first-order chi connectivity index (χ1) is 12.1. The second-order valence-corrected chi connectivity index (χ2v) is 5.26. The molecule has 0 radical (unpaired) electrons. The normalized spacial score (nSPS) is 11.8. The largest absolute Gasteiger partial charge is 0.497 e. The van der Waals surface area contributed by atoms with Gasteiger partial charge in [-0.25, -0.2) is 9.78 Å². The summed E-state index contributed by atoms with van der Waals surface area (Å²) in [6, 6.07) is 7.18. The van der Waals surface area contributed by atoms with E-state index in [1.165, 1.54) is 12.4 Å². The van der Waals surface area contributed by atoms with Crippen LogP contribution in [0.2, 0.25) is 0 Å². The molecule has 0 N–H and O–H groups in total. The fourth-order valence-corrected chi connectivity index (χ4v) is 2.02. The first-order valence-electron chi connectivity index (χ1n) is 7.54. The van der Waals surface area contributed by atoms with Gasteiger partial charge in [0.05, 0.1) is 19.0 Å². The molecule has 25 heavy (non-hydrogen) atoms. The van der Waals surface area contributed by atoms with E-state index in [1.807, 2.05) is 0 Å². The second kappa shape index (κ2) is 7.08. The monoisotopic (exact) mass is 340 g/mol. The van der Waals surface area contributed by atoms with E-state index in [4.69, 9.17) is 13.9 Å². The molecule has 0 fully saturated rings. The Labute approximate surface area is 143 Å². The first-order valence-corrected chi connectivity index (χ1v) is 7.54. The number of rotatable bonds is 5. The van der Waals surface area contributed by atoms with E-state index in [0.29, 0.717) is 11.6 Å². The molecule has 0 saturated carbocycles. The predicted molar refractivity (Wildman–Crippen MR) is 86.9 cm³/mol. The third kappa shape index (κ3) is 3.79. The van der Waals surface area contributed by atoms with Crippen LogP contribution in [0, 0.1) is 6.92 Å². The van der Waals surface area contributed by atoms with Crippen molar-refractivity contribution < 1.29 is 18.7 Å². The lowest BCUT2D eigenvalue weighted by molar-refractivity contribution is 0.0272. The van der Waals surface area contributed by atoms with Crippen molar-refractivity contribution in [3.63, 3.8) is 0 Å². The Morgan fingerprint density at radius 1 is 1.12 bits per heavy atom. The van der Waals surface area contributed by atoms with Crippen LogP contribution in [0.4, 0.5) is 0 Å². The number of carbonyl (C=O) groups excluding carboxylic acids is 1. The lowest BCUT2D eigenvalue weighted by Crippen LogP contribution is -2.11. The Bertz CT molecular complexity index is 859. The van der Waals surface area contributed by atoms with E-state index in [-0.39, 0.29) is 11.6 Å². The topological polar surface area (TPSA) is 100 Å². The fraction of sp³-hybridized carbons (Fsp3) is 0.235. The Balaban J connectivity index is 1.70. The van der Waals surface area contributed by atoms with Crippen LogP contribution >= 0.6 is 0 Å². The summed E-state index contributed by atoms with van der Waals surface area (Å²) in [6.45, 7) is 3.43. The van der Waals surface area contributed by atoms with Crippen LogP contribution in [0.5, 0.6) is 5.75 Å². The van der Waals surface area contributed by atoms with Crippen LogP contribution in [0.3, 0.4) is 0 Å². The van der Waals surface area contributed by atoms with Crippen molar-refractivity contribution in [1.29, 1.82) is 0 Å². The Morgan fingerprint density at radius 2 is 1.88 bits per heavy atom. The molecule has 0 aliphatic heterocycles. The molecule has 3 rings (SSSR count). The van der Waals surface area contributed by atoms with E-state index in [9.17, 15) is 4.79 Å². The van der Waals surface area contributed by atoms with Gasteiger partial charge in [0.1, 0.15) is 5.75 Å². The Morgan fingerprint density at radius 3 is 2.52 bits per heavy atom. The zero-order chi connectivity index (χ0) is 17.8. The molecule has 0 amide bonds. The molecular weight excluding hydrogens is 324 g/mol. The highest BCUT2D eigenvalue weighted by Gasteiger charge is 2.20. The number of ether oxygens (including phenoxy) is 2. The van der Waals surface area contributed by atoms with Gasteiger partial charge in [0.2, 0.25) is 5.89 Å². The van der Waals surface area contributed by atoms with Crippen LogP contribution in [-0.4, -0.2) is 33.2 Å². The molecule has 8 heteroatoms. The molecule has 8 nitrogen and oxygen atoms in total. The molecule has 0 bridgehead atoms. The van der Waals surface area contributed by atoms with Crippen molar-refractivity contribution in [3.8, 4) is 17.2 Å². The summed E-state index contributed by atoms with van der Waals surface area (Å²) in [5.74, 6) is 0.643. The van der Waals surface area contributed by atoms with Crippen molar-refractivity contribution >= 4 is 5.97 Å². The standard InChI is InChI=1S/C17H16N4O4/c1-10-8-19-14(9-18-10)17(22)24-11(2)15-20-21-16(25-15)12-4-6-13(23-3)7-5-12/h4-9,11H,1-3H3/t11-/m1/s1. The number of aromatic nitrogens is 4. The minimum absolute atomic E-state index is 0.118. The summed E-state index contributed by atoms with van der Waals surface area (Å²) >= 11 is 0. The Kier molecular flexibility index (Phi) is 4.69. The van der Waals surface area contributed by atoms with Gasteiger partial charge in [-0.1, -0.05) is 0 Å². The number of benzene rings is 1. The summed E-state index contributed by atoms with van der Waals surface area (Å²) in [5, 5.41) is 7.91. The number of hydrogen-bond donors (Lipinski definition) is 0. The van der Waals surface area contributed by atoms with E-state index in [0.717, 1.165) is 11.3 Å². The number of aryl methyl sites for hydroxylation is 1. The average molecular weight is 340 g/mol. The van der Waals surface area contributed by atoms with Gasteiger partial charge in [-0.05, 0) is 38.1 Å². The van der Waals surface area contributed by atoms with Crippen LogP contribution < -0.4 is 4.74 Å². The lowest BCUT2D eigenvalue weighted by atomic mass is 10.2. The van der Waals surface area contributed by atoms with Crippen molar-refractivity contribution in [2.24, 2.45) is 0 Å². The van der Waals surface area contributed by atoms with Crippen molar-refractivity contribution in [2.75, 3.05) is 7.11 Å². The SMILES string of the molecule is COc1ccc(-c2nnc([C@@H](C)OC(=O)c3cnc(C)cn3)o2)cc1. The maximum Gasteiger partial charge on any atom is 0.359 e. The zero-order valence-electron chi connectivity index (χ0n) is 14.0. The number of esters is 1. The van der Waals surface area contributed by atoms with Gasteiger partial charge < -0.3 is 13.9 Å². The molecule has 128 valence electrons. The molecule has 0 aliphatic carbocycles. The van der Waals surface area contributed by atoms with E-state index in [1.54, 1.807) is 45.2 Å². The summed E-state index contributed by atoms with van der Waals surface area (Å²) < 4.78 is 16.0. The highest BCUT2D eigenvalue weighted by Crippen LogP contribution is 2.24. The molecule has 3 aromatic rings. The smallest absolute Gasteiger partial charge is 0.359 e. The van der Waals surface area contributed by atoms with Gasteiger partial charge in [0, 0.05) is 11.8 Å². The van der Waals surface area contributed by atoms with Gasteiger partial charge in [0.25, 0.3) is 5.89 Å². The lowest BCUT2D eigenvalue weighted by Gasteiger charge is -2.08. The third-order valence-electron chi connectivity index (χ3n) is 3.40. The summed E-state index contributed by atoms with van der Waals surface area (Å²) in [6.07, 6.45) is 2.14. The van der Waals surface area contributed by atoms with Crippen LogP contribution in [0.25, 0.3) is 11.5 Å². The highest BCUT2D eigenvalue weighted by molar-refractivity contribution is 5.86. The van der Waals surface area contributed by atoms with Gasteiger partial charge in [-0.15, -0.1) is 10.2 Å². The number of hydrogen-bond acceptors (Lipinski definition) is 8. The van der Waals surface area contributed by atoms with Crippen molar-refractivity contribution in [3.05, 3.63) is 53.9 Å². The van der Waals surface area contributed by atoms with E-state index < -0.39 is 12.1 Å².